The molecule has 1 heterocycles. The van der Waals surface area contributed by atoms with E-state index in [0.29, 0.717) is 6.42 Å². The highest BCUT2D eigenvalue weighted by molar-refractivity contribution is 6.06. The van der Waals surface area contributed by atoms with E-state index in [2.05, 4.69) is 12.2 Å². The Morgan fingerprint density at radius 3 is 2.44 bits per heavy atom. The summed E-state index contributed by atoms with van der Waals surface area (Å²) in [5.41, 5.74) is 2.02. The fourth-order valence-electron chi connectivity index (χ4n) is 2.12. The molecule has 18 heavy (non-hydrogen) atoms. The van der Waals surface area contributed by atoms with Crippen molar-refractivity contribution in [2.45, 2.75) is 32.7 Å². The smallest absolute Gasteiger partial charge is 0.250 e. The van der Waals surface area contributed by atoms with Crippen LogP contribution in [-0.4, -0.2) is 24.4 Å². The molecule has 1 aliphatic rings. The molecule has 0 aliphatic carbocycles. The lowest BCUT2D eigenvalue weighted by molar-refractivity contribution is -0.131. The highest BCUT2D eigenvalue weighted by Gasteiger charge is 2.32. The van der Waals surface area contributed by atoms with Crippen LogP contribution in [0.4, 0.5) is 5.69 Å². The normalized spacial score (nSPS) is 19.9. The van der Waals surface area contributed by atoms with Gasteiger partial charge in [0.05, 0.1) is 0 Å². The van der Waals surface area contributed by atoms with Gasteiger partial charge in [0, 0.05) is 5.69 Å². The fourth-order valence-corrected chi connectivity index (χ4v) is 2.12. The maximum Gasteiger partial charge on any atom is 0.250 e. The van der Waals surface area contributed by atoms with Crippen molar-refractivity contribution in [1.29, 1.82) is 0 Å². The van der Waals surface area contributed by atoms with Crippen LogP contribution in [0, 0.1) is 0 Å². The summed E-state index contributed by atoms with van der Waals surface area (Å²) in [4.78, 5) is 25.3. The first kappa shape index (κ1) is 12.6. The number of nitrogens with zero attached hydrogens (tertiary/aromatic N) is 1. The third kappa shape index (κ3) is 2.37. The number of nitrogens with one attached hydrogen (secondary N) is 1. The minimum absolute atomic E-state index is 0.0265. The molecule has 4 heteroatoms. The van der Waals surface area contributed by atoms with Crippen molar-refractivity contribution in [1.82, 2.24) is 5.32 Å². The van der Waals surface area contributed by atoms with Gasteiger partial charge < -0.3 is 10.2 Å². The van der Waals surface area contributed by atoms with Crippen molar-refractivity contribution < 1.29 is 9.59 Å². The van der Waals surface area contributed by atoms with Crippen molar-refractivity contribution in [2.75, 3.05) is 11.4 Å². The number of amides is 2. The Morgan fingerprint density at radius 2 is 1.89 bits per heavy atom. The lowest BCUT2D eigenvalue weighted by Gasteiger charge is -2.32. The van der Waals surface area contributed by atoms with E-state index >= 15 is 0 Å². The Bertz CT molecular complexity index is 453. The molecule has 1 aromatic rings. The molecule has 2 rings (SSSR count). The summed E-state index contributed by atoms with van der Waals surface area (Å²) >= 11 is 0. The quantitative estimate of drug-likeness (QED) is 0.878. The maximum atomic E-state index is 12.2. The Balaban J connectivity index is 2.24. The van der Waals surface area contributed by atoms with Crippen LogP contribution < -0.4 is 10.2 Å². The predicted molar refractivity (Wildman–Crippen MR) is 70.4 cm³/mol. The first-order chi connectivity index (χ1) is 8.65. The second kappa shape index (κ2) is 5.21. The van der Waals surface area contributed by atoms with Gasteiger partial charge in [0.1, 0.15) is 12.6 Å². The van der Waals surface area contributed by atoms with Crippen molar-refractivity contribution in [3.8, 4) is 0 Å². The minimum Gasteiger partial charge on any atom is -0.343 e. The molecule has 1 fully saturated rings. The number of piperazine rings is 1. The number of hydrogen-bond donors (Lipinski definition) is 1. The molecule has 0 aromatic heterocycles. The zero-order chi connectivity index (χ0) is 13.1. The Kier molecular flexibility index (Phi) is 3.65. The van der Waals surface area contributed by atoms with Crippen LogP contribution in [0.15, 0.2) is 24.3 Å². The van der Waals surface area contributed by atoms with Gasteiger partial charge in [-0.1, -0.05) is 26.0 Å². The van der Waals surface area contributed by atoms with E-state index in [1.807, 2.05) is 31.2 Å². The number of aryl methyl sites for hydroxylation is 1. The molecule has 0 spiro atoms. The standard InChI is InChI=1S/C14H18N2O2/c1-3-10-5-7-11(8-6-10)16-9-13(17)15-12(4-2)14(16)18/h5-8,12H,3-4,9H2,1-2H3,(H,15,17). The van der Waals surface area contributed by atoms with Gasteiger partial charge in [-0.25, -0.2) is 0 Å². The molecule has 4 nitrogen and oxygen atoms in total. The molecule has 1 atom stereocenters. The molecule has 1 N–H and O–H groups in total. The average Bonchev–Trinajstić information content (AvgIpc) is 2.41. The first-order valence-corrected chi connectivity index (χ1v) is 6.35. The monoisotopic (exact) mass is 246 g/mol. The summed E-state index contributed by atoms with van der Waals surface area (Å²) in [6.07, 6.45) is 1.58. The molecule has 0 radical (unpaired) electrons. The Labute approximate surface area is 107 Å². The molecule has 1 saturated heterocycles. The van der Waals surface area contributed by atoms with E-state index < -0.39 is 6.04 Å². The van der Waals surface area contributed by atoms with Gasteiger partial charge in [0.2, 0.25) is 11.8 Å². The van der Waals surface area contributed by atoms with E-state index in [4.69, 9.17) is 0 Å². The molecule has 1 aliphatic heterocycles. The van der Waals surface area contributed by atoms with E-state index in [1.54, 1.807) is 4.90 Å². The Hall–Kier alpha value is -1.84. The molecule has 1 aromatic carbocycles. The molecular formula is C14H18N2O2. The number of benzene rings is 1. The van der Waals surface area contributed by atoms with Crippen LogP contribution in [0.1, 0.15) is 25.8 Å². The van der Waals surface area contributed by atoms with Gasteiger partial charge in [-0.05, 0) is 30.5 Å². The van der Waals surface area contributed by atoms with E-state index in [9.17, 15) is 9.59 Å². The highest BCUT2D eigenvalue weighted by Crippen LogP contribution is 2.19. The summed E-state index contributed by atoms with van der Waals surface area (Å²) < 4.78 is 0. The van der Waals surface area contributed by atoms with Gasteiger partial charge in [0.15, 0.2) is 0 Å². The first-order valence-electron chi connectivity index (χ1n) is 6.35. The van der Waals surface area contributed by atoms with E-state index in [1.165, 1.54) is 5.56 Å². The zero-order valence-electron chi connectivity index (χ0n) is 10.8. The van der Waals surface area contributed by atoms with Crippen molar-refractivity contribution >= 4 is 17.5 Å². The van der Waals surface area contributed by atoms with Gasteiger partial charge in [-0.3, -0.25) is 9.59 Å². The summed E-state index contributed by atoms with van der Waals surface area (Å²) in [7, 11) is 0. The summed E-state index contributed by atoms with van der Waals surface area (Å²) in [5, 5.41) is 2.71. The number of carbonyl (C=O) groups is 2. The SMILES string of the molecule is CCc1ccc(N2CC(=O)NC(CC)C2=O)cc1. The van der Waals surface area contributed by atoms with E-state index in [-0.39, 0.29) is 18.4 Å². The van der Waals surface area contributed by atoms with Crippen LogP contribution >= 0.6 is 0 Å². The van der Waals surface area contributed by atoms with Crippen LogP contribution in [0.25, 0.3) is 0 Å². The maximum absolute atomic E-state index is 12.2. The molecule has 0 saturated carbocycles. The molecule has 96 valence electrons. The number of rotatable bonds is 3. The van der Waals surface area contributed by atoms with Crippen LogP contribution in [0.3, 0.4) is 0 Å². The van der Waals surface area contributed by atoms with Crippen molar-refractivity contribution in [3.05, 3.63) is 29.8 Å². The predicted octanol–water partition coefficient (Wildman–Crippen LogP) is 1.49. The number of carbonyl (C=O) groups excluding carboxylic acids is 2. The number of anilines is 1. The molecule has 2 amide bonds. The fraction of sp³-hybridized carbons (Fsp3) is 0.429. The third-order valence-corrected chi connectivity index (χ3v) is 3.27. The molecular weight excluding hydrogens is 228 g/mol. The second-order valence-electron chi connectivity index (χ2n) is 4.47. The van der Waals surface area contributed by atoms with Gasteiger partial charge >= 0.3 is 0 Å². The summed E-state index contributed by atoms with van der Waals surface area (Å²) in [6.45, 7) is 4.09. The lowest BCUT2D eigenvalue weighted by Crippen LogP contribution is -2.58. The summed E-state index contributed by atoms with van der Waals surface area (Å²) in [5.74, 6) is -0.123. The van der Waals surface area contributed by atoms with Gasteiger partial charge in [-0.15, -0.1) is 0 Å². The van der Waals surface area contributed by atoms with Crippen LogP contribution in [0.5, 0.6) is 0 Å². The topological polar surface area (TPSA) is 49.4 Å². The zero-order valence-corrected chi connectivity index (χ0v) is 10.8. The minimum atomic E-state index is -0.392. The Morgan fingerprint density at radius 1 is 1.22 bits per heavy atom. The molecule has 1 unspecified atom stereocenters. The average molecular weight is 246 g/mol. The van der Waals surface area contributed by atoms with Crippen LogP contribution in [-0.2, 0) is 16.0 Å². The molecule has 0 bridgehead atoms. The second-order valence-corrected chi connectivity index (χ2v) is 4.47. The van der Waals surface area contributed by atoms with Gasteiger partial charge in [0.25, 0.3) is 0 Å². The number of hydrogen-bond acceptors (Lipinski definition) is 2. The third-order valence-electron chi connectivity index (χ3n) is 3.27. The van der Waals surface area contributed by atoms with Gasteiger partial charge in [-0.2, -0.15) is 0 Å². The largest absolute Gasteiger partial charge is 0.343 e. The van der Waals surface area contributed by atoms with E-state index in [0.717, 1.165) is 12.1 Å². The highest BCUT2D eigenvalue weighted by atomic mass is 16.2. The van der Waals surface area contributed by atoms with Crippen molar-refractivity contribution in [2.24, 2.45) is 0 Å². The van der Waals surface area contributed by atoms with Crippen molar-refractivity contribution in [3.63, 3.8) is 0 Å². The lowest BCUT2D eigenvalue weighted by atomic mass is 10.1. The summed E-state index contributed by atoms with van der Waals surface area (Å²) in [6, 6.07) is 7.41. The van der Waals surface area contributed by atoms with Crippen LogP contribution in [0.2, 0.25) is 0 Å².